The van der Waals surface area contributed by atoms with E-state index in [2.05, 4.69) is 54.6 Å². The number of carbonyl (C=O) groups is 1. The second-order valence-corrected chi connectivity index (χ2v) is 22.7. The van der Waals surface area contributed by atoms with Gasteiger partial charge in [-0.2, -0.15) is 0 Å². The summed E-state index contributed by atoms with van der Waals surface area (Å²) in [5.41, 5.74) is -0.434. The lowest BCUT2D eigenvalue weighted by Crippen LogP contribution is -2.55. The SMILES string of the molecule is CO[C@H]1CC[C@@]2(C)[C@@H](CC[C@@H]3[C@@H]2CC[C@]2(C)[C@H]4[C@H](C)[C@@H]([C@@H](C[C@@](C)(O)COC(C)=O)O[Si](C)(C)C(C)(C)C)O[C@H]4C[C@@H]32)C1. The van der Waals surface area contributed by atoms with E-state index in [4.69, 9.17) is 18.6 Å². The van der Waals surface area contributed by atoms with Crippen molar-refractivity contribution in [3.63, 3.8) is 0 Å². The minimum Gasteiger partial charge on any atom is -0.463 e. The molecule has 1 heterocycles. The molecule has 248 valence electrons. The molecule has 4 aliphatic carbocycles. The third-order valence-corrected chi connectivity index (χ3v) is 18.8. The largest absolute Gasteiger partial charge is 0.463 e. The summed E-state index contributed by atoms with van der Waals surface area (Å²) >= 11 is 0. The molecule has 1 saturated heterocycles. The van der Waals surface area contributed by atoms with Gasteiger partial charge < -0.3 is 23.7 Å². The molecule has 0 amide bonds. The number of fused-ring (bicyclic) bond motifs is 7. The summed E-state index contributed by atoms with van der Waals surface area (Å²) in [5, 5.41) is 11.4. The minimum atomic E-state index is -2.16. The van der Waals surface area contributed by atoms with Crippen molar-refractivity contribution in [3.8, 4) is 0 Å². The molecule has 43 heavy (non-hydrogen) atoms. The molecule has 0 radical (unpaired) electrons. The zero-order valence-corrected chi connectivity index (χ0v) is 30.3. The van der Waals surface area contributed by atoms with Crippen molar-refractivity contribution in [2.45, 2.75) is 161 Å². The van der Waals surface area contributed by atoms with Crippen molar-refractivity contribution in [1.82, 2.24) is 0 Å². The zero-order valence-electron chi connectivity index (χ0n) is 29.3. The lowest BCUT2D eigenvalue weighted by Gasteiger charge is -2.61. The van der Waals surface area contributed by atoms with Gasteiger partial charge in [0.15, 0.2) is 8.32 Å². The molecule has 5 rings (SSSR count). The van der Waals surface area contributed by atoms with Gasteiger partial charge in [0.2, 0.25) is 0 Å². The Labute approximate surface area is 263 Å². The molecular formula is C36H64O6Si. The van der Waals surface area contributed by atoms with Crippen molar-refractivity contribution >= 4 is 14.3 Å². The molecule has 6 nitrogen and oxygen atoms in total. The monoisotopic (exact) mass is 620 g/mol. The number of esters is 1. The maximum absolute atomic E-state index is 11.6. The van der Waals surface area contributed by atoms with Crippen LogP contribution in [0.3, 0.4) is 0 Å². The van der Waals surface area contributed by atoms with E-state index in [-0.39, 0.29) is 41.3 Å². The first-order valence-electron chi connectivity index (χ1n) is 17.5. The Morgan fingerprint density at radius 1 is 1.02 bits per heavy atom. The van der Waals surface area contributed by atoms with Crippen LogP contribution in [0.4, 0.5) is 0 Å². The van der Waals surface area contributed by atoms with Crippen LogP contribution in [0.2, 0.25) is 18.1 Å². The fraction of sp³-hybridized carbons (Fsp3) is 0.972. The van der Waals surface area contributed by atoms with E-state index in [1.165, 1.54) is 58.3 Å². The Morgan fingerprint density at radius 2 is 1.70 bits per heavy atom. The highest BCUT2D eigenvalue weighted by molar-refractivity contribution is 6.74. The second kappa shape index (κ2) is 11.6. The third-order valence-electron chi connectivity index (χ3n) is 14.3. The topological polar surface area (TPSA) is 74.2 Å². The third kappa shape index (κ3) is 6.05. The first-order chi connectivity index (χ1) is 19.8. The van der Waals surface area contributed by atoms with Gasteiger partial charge in [0.25, 0.3) is 0 Å². The van der Waals surface area contributed by atoms with Gasteiger partial charge in [-0.15, -0.1) is 0 Å². The maximum atomic E-state index is 11.6. The lowest BCUT2D eigenvalue weighted by atomic mass is 9.44. The number of hydrogen-bond donors (Lipinski definition) is 1. The summed E-state index contributed by atoms with van der Waals surface area (Å²) < 4.78 is 25.4. The Balaban J connectivity index is 1.36. The zero-order chi connectivity index (χ0) is 31.8. The number of methoxy groups -OCH3 is 1. The van der Waals surface area contributed by atoms with Gasteiger partial charge in [0.1, 0.15) is 6.61 Å². The van der Waals surface area contributed by atoms with Crippen LogP contribution in [0.1, 0.15) is 113 Å². The number of aliphatic hydroxyl groups is 1. The second-order valence-electron chi connectivity index (χ2n) is 18.0. The van der Waals surface area contributed by atoms with E-state index in [0.717, 1.165) is 23.7 Å². The number of hydrogen-bond acceptors (Lipinski definition) is 6. The first-order valence-corrected chi connectivity index (χ1v) is 20.5. The van der Waals surface area contributed by atoms with Crippen molar-refractivity contribution in [2.24, 2.45) is 46.3 Å². The predicted octanol–water partition coefficient (Wildman–Crippen LogP) is 7.77. The van der Waals surface area contributed by atoms with E-state index in [1.54, 1.807) is 6.92 Å². The van der Waals surface area contributed by atoms with Crippen LogP contribution in [0.25, 0.3) is 0 Å². The molecule has 4 saturated carbocycles. The van der Waals surface area contributed by atoms with Crippen LogP contribution in [0.5, 0.6) is 0 Å². The first kappa shape index (κ1) is 33.9. The molecule has 1 N–H and O–H groups in total. The molecule has 1 aliphatic heterocycles. The molecule has 5 fully saturated rings. The minimum absolute atomic E-state index is 0.0264. The Hall–Kier alpha value is -0.473. The van der Waals surface area contributed by atoms with Gasteiger partial charge in [-0.25, -0.2) is 0 Å². The van der Waals surface area contributed by atoms with Gasteiger partial charge in [-0.1, -0.05) is 41.5 Å². The molecule has 0 aromatic heterocycles. The number of ether oxygens (including phenoxy) is 3. The number of carbonyl (C=O) groups excluding carboxylic acids is 1. The van der Waals surface area contributed by atoms with Crippen molar-refractivity contribution in [2.75, 3.05) is 13.7 Å². The molecule has 0 bridgehead atoms. The Bertz CT molecular complexity index is 1020. The molecule has 0 unspecified atom stereocenters. The number of rotatable bonds is 8. The van der Waals surface area contributed by atoms with E-state index in [0.29, 0.717) is 29.8 Å². The average Bonchev–Trinajstić information content (AvgIpc) is 3.39. The normalized spacial score (nSPS) is 44.9. The summed E-state index contributed by atoms with van der Waals surface area (Å²) in [6.07, 6.45) is 11.1. The smallest absolute Gasteiger partial charge is 0.302 e. The van der Waals surface area contributed by atoms with Crippen LogP contribution in [-0.2, 0) is 23.4 Å². The molecule has 13 atom stereocenters. The van der Waals surface area contributed by atoms with Crippen LogP contribution in [0, 0.1) is 46.3 Å². The summed E-state index contributed by atoms with van der Waals surface area (Å²) in [6.45, 7) is 22.2. The van der Waals surface area contributed by atoms with Gasteiger partial charge in [0.05, 0.1) is 30.0 Å². The van der Waals surface area contributed by atoms with Crippen LogP contribution < -0.4 is 0 Å². The summed E-state index contributed by atoms with van der Waals surface area (Å²) in [5.74, 6) is 3.67. The predicted molar refractivity (Wildman–Crippen MR) is 173 cm³/mol. The maximum Gasteiger partial charge on any atom is 0.302 e. The summed E-state index contributed by atoms with van der Waals surface area (Å²) in [4.78, 5) is 11.6. The average molecular weight is 621 g/mol. The fourth-order valence-corrected chi connectivity index (χ4v) is 12.4. The van der Waals surface area contributed by atoms with E-state index in [1.807, 2.05) is 7.11 Å². The lowest BCUT2D eigenvalue weighted by molar-refractivity contribution is -0.151. The fourth-order valence-electron chi connectivity index (χ4n) is 11.0. The molecular weight excluding hydrogens is 556 g/mol. The van der Waals surface area contributed by atoms with Crippen molar-refractivity contribution < 1.29 is 28.5 Å². The highest BCUT2D eigenvalue weighted by atomic mass is 28.4. The summed E-state index contributed by atoms with van der Waals surface area (Å²) in [7, 11) is -0.261. The van der Waals surface area contributed by atoms with Crippen molar-refractivity contribution in [3.05, 3.63) is 0 Å². The Kier molecular flexibility index (Phi) is 9.18. The van der Waals surface area contributed by atoms with Crippen LogP contribution in [0.15, 0.2) is 0 Å². The molecule has 7 heteroatoms. The van der Waals surface area contributed by atoms with Crippen LogP contribution >= 0.6 is 0 Å². The molecule has 0 spiro atoms. The quantitative estimate of drug-likeness (QED) is 0.221. The highest BCUT2D eigenvalue weighted by Crippen LogP contribution is 2.70. The van der Waals surface area contributed by atoms with Gasteiger partial charge in [-0.05, 0) is 123 Å². The van der Waals surface area contributed by atoms with Gasteiger partial charge in [0, 0.05) is 20.5 Å². The standard InChI is InChI=1S/C36H64O6Si/c1-22-31-29(41-32(22)30(42-43(10,11)33(3,4)5)20-34(6,38)21-40-23(2)37)19-28-26-13-12-24-18-25(39-9)14-16-35(24,7)27(26)15-17-36(28,31)8/h22,24-32,38H,12-21H2,1-11H3/t22-,24-,25-,26+,27-,28-,29-,30+,31-,32-,34+,35-,36-/m0/s1. The molecule has 0 aromatic rings. The van der Waals surface area contributed by atoms with E-state index >= 15 is 0 Å². The van der Waals surface area contributed by atoms with Crippen molar-refractivity contribution in [1.29, 1.82) is 0 Å². The van der Waals surface area contributed by atoms with Gasteiger partial charge in [-0.3, -0.25) is 4.79 Å². The Morgan fingerprint density at radius 3 is 2.33 bits per heavy atom. The molecule has 0 aromatic carbocycles. The highest BCUT2D eigenvalue weighted by Gasteiger charge is 2.66. The summed E-state index contributed by atoms with van der Waals surface area (Å²) in [6, 6.07) is 0. The van der Waals surface area contributed by atoms with E-state index < -0.39 is 13.9 Å². The van der Waals surface area contributed by atoms with Crippen LogP contribution in [-0.4, -0.2) is 63.1 Å². The van der Waals surface area contributed by atoms with E-state index in [9.17, 15) is 9.90 Å². The van der Waals surface area contributed by atoms with Gasteiger partial charge >= 0.3 is 5.97 Å². The molecule has 5 aliphatic rings.